The van der Waals surface area contributed by atoms with Crippen molar-refractivity contribution < 1.29 is 18.6 Å². The molecule has 0 aromatic heterocycles. The fourth-order valence-electron chi connectivity index (χ4n) is 1.73. The Morgan fingerprint density at radius 3 is 2.16 bits per heavy atom. The average Bonchev–Trinajstić information content (AvgIpc) is 2.41. The van der Waals surface area contributed by atoms with Crippen molar-refractivity contribution in [2.75, 3.05) is 7.11 Å². The summed E-state index contributed by atoms with van der Waals surface area (Å²) < 4.78 is 32.1. The van der Waals surface area contributed by atoms with Gasteiger partial charge in [0.25, 0.3) is 0 Å². The first-order valence-corrected chi connectivity index (χ1v) is 6.28. The summed E-state index contributed by atoms with van der Waals surface area (Å²) in [5, 5.41) is 10.1. The molecule has 0 aliphatic heterocycles. The minimum Gasteiger partial charge on any atom is -0.494 e. The predicted octanol–water partition coefficient (Wildman–Crippen LogP) is 3.82. The number of hydrogen-bond donors (Lipinski definition) is 1. The molecule has 0 saturated carbocycles. The van der Waals surface area contributed by atoms with Crippen LogP contribution in [0.25, 0.3) is 0 Å². The van der Waals surface area contributed by atoms with Gasteiger partial charge < -0.3 is 9.84 Å². The van der Waals surface area contributed by atoms with E-state index in [4.69, 9.17) is 4.74 Å². The maximum atomic E-state index is 13.6. The van der Waals surface area contributed by atoms with E-state index in [-0.39, 0.29) is 5.75 Å². The molecule has 0 heterocycles. The van der Waals surface area contributed by atoms with Gasteiger partial charge in [0.15, 0.2) is 11.6 Å². The molecule has 2 nitrogen and oxygen atoms in total. The lowest BCUT2D eigenvalue weighted by Gasteiger charge is -2.13. The van der Waals surface area contributed by atoms with Crippen LogP contribution >= 0.6 is 15.9 Å². The third kappa shape index (κ3) is 2.93. The Kier molecular flexibility index (Phi) is 4.17. The van der Waals surface area contributed by atoms with Crippen LogP contribution in [0.1, 0.15) is 17.2 Å². The van der Waals surface area contributed by atoms with Gasteiger partial charge in [-0.2, -0.15) is 0 Å². The summed E-state index contributed by atoms with van der Waals surface area (Å²) in [5.74, 6) is -0.958. The molecule has 19 heavy (non-hydrogen) atoms. The highest BCUT2D eigenvalue weighted by atomic mass is 79.9. The predicted molar refractivity (Wildman–Crippen MR) is 71.1 cm³/mol. The van der Waals surface area contributed by atoms with E-state index in [1.807, 2.05) is 0 Å². The smallest absolute Gasteiger partial charge is 0.165 e. The first-order valence-electron chi connectivity index (χ1n) is 5.49. The molecule has 0 spiro atoms. The van der Waals surface area contributed by atoms with Gasteiger partial charge >= 0.3 is 0 Å². The first-order chi connectivity index (χ1) is 9.02. The van der Waals surface area contributed by atoms with Crippen LogP contribution in [0.3, 0.4) is 0 Å². The lowest BCUT2D eigenvalue weighted by atomic mass is 10.0. The van der Waals surface area contributed by atoms with Crippen molar-refractivity contribution in [3.63, 3.8) is 0 Å². The Morgan fingerprint density at radius 2 is 1.63 bits per heavy atom. The molecular formula is C14H11BrF2O2. The van der Waals surface area contributed by atoms with Crippen molar-refractivity contribution >= 4 is 15.9 Å². The van der Waals surface area contributed by atoms with Crippen molar-refractivity contribution in [3.05, 3.63) is 63.6 Å². The summed E-state index contributed by atoms with van der Waals surface area (Å²) in [4.78, 5) is 0. The van der Waals surface area contributed by atoms with E-state index in [0.29, 0.717) is 15.6 Å². The van der Waals surface area contributed by atoms with Crippen LogP contribution in [-0.4, -0.2) is 12.2 Å². The van der Waals surface area contributed by atoms with Gasteiger partial charge in [-0.1, -0.05) is 12.1 Å². The summed E-state index contributed by atoms with van der Waals surface area (Å²) in [5.41, 5.74) is 0.685. The highest BCUT2D eigenvalue weighted by Gasteiger charge is 2.14. The normalized spacial score (nSPS) is 12.3. The van der Waals surface area contributed by atoms with Crippen molar-refractivity contribution in [1.29, 1.82) is 0 Å². The number of methoxy groups -OCH3 is 1. The fraction of sp³-hybridized carbons (Fsp3) is 0.143. The van der Waals surface area contributed by atoms with E-state index >= 15 is 0 Å². The molecule has 5 heteroatoms. The van der Waals surface area contributed by atoms with E-state index in [0.717, 1.165) is 0 Å². The zero-order valence-electron chi connectivity index (χ0n) is 10.0. The Bertz CT molecular complexity index is 602. The molecule has 2 aromatic carbocycles. The van der Waals surface area contributed by atoms with Gasteiger partial charge in [0.2, 0.25) is 0 Å². The minimum atomic E-state index is -1.09. The van der Waals surface area contributed by atoms with Crippen LogP contribution in [0, 0.1) is 11.6 Å². The molecule has 1 unspecified atom stereocenters. The lowest BCUT2D eigenvalue weighted by molar-refractivity contribution is 0.219. The van der Waals surface area contributed by atoms with E-state index < -0.39 is 17.7 Å². The second kappa shape index (κ2) is 5.67. The van der Waals surface area contributed by atoms with Crippen molar-refractivity contribution in [3.8, 4) is 5.75 Å². The standard InChI is InChI=1S/C14H11BrF2O2/c1-19-13-5-3-9(7-12(13)17)14(18)8-2-4-10(15)11(16)6-8/h2-7,14,18H,1H3. The van der Waals surface area contributed by atoms with Crippen LogP contribution in [0.5, 0.6) is 5.75 Å². The highest BCUT2D eigenvalue weighted by molar-refractivity contribution is 9.10. The SMILES string of the molecule is COc1ccc(C(O)c2ccc(Br)c(F)c2)cc1F. The lowest BCUT2D eigenvalue weighted by Crippen LogP contribution is -2.01. The number of hydrogen-bond acceptors (Lipinski definition) is 2. The molecule has 100 valence electrons. The first kappa shape index (κ1) is 14.0. The Hall–Kier alpha value is -1.46. The van der Waals surface area contributed by atoms with Crippen molar-refractivity contribution in [2.45, 2.75) is 6.10 Å². The number of ether oxygens (including phenoxy) is 1. The second-order valence-electron chi connectivity index (χ2n) is 3.97. The maximum absolute atomic E-state index is 13.6. The maximum Gasteiger partial charge on any atom is 0.165 e. The molecule has 0 saturated heterocycles. The van der Waals surface area contributed by atoms with E-state index in [2.05, 4.69) is 15.9 Å². The van der Waals surface area contributed by atoms with Gasteiger partial charge in [-0.15, -0.1) is 0 Å². The molecule has 0 amide bonds. The van der Waals surface area contributed by atoms with Gasteiger partial charge in [0.05, 0.1) is 11.6 Å². The van der Waals surface area contributed by atoms with Crippen LogP contribution < -0.4 is 4.74 Å². The third-order valence-corrected chi connectivity index (χ3v) is 3.39. The van der Waals surface area contributed by atoms with E-state index in [9.17, 15) is 13.9 Å². The van der Waals surface area contributed by atoms with Crippen molar-refractivity contribution in [1.82, 2.24) is 0 Å². The van der Waals surface area contributed by atoms with E-state index in [1.54, 1.807) is 6.07 Å². The highest BCUT2D eigenvalue weighted by Crippen LogP contribution is 2.28. The van der Waals surface area contributed by atoms with Gasteiger partial charge in [-0.3, -0.25) is 0 Å². The zero-order chi connectivity index (χ0) is 14.0. The molecule has 0 aliphatic rings. The molecule has 0 aliphatic carbocycles. The summed E-state index contributed by atoms with van der Waals surface area (Å²) in [7, 11) is 1.36. The monoisotopic (exact) mass is 328 g/mol. The Balaban J connectivity index is 2.35. The molecule has 2 aromatic rings. The Labute approximate surface area is 117 Å². The Morgan fingerprint density at radius 1 is 1.05 bits per heavy atom. The van der Waals surface area contributed by atoms with Crippen LogP contribution in [0.2, 0.25) is 0 Å². The minimum absolute atomic E-state index is 0.0953. The molecule has 2 rings (SSSR count). The van der Waals surface area contributed by atoms with Gasteiger partial charge in [-0.05, 0) is 51.3 Å². The number of rotatable bonds is 3. The number of aliphatic hydroxyl groups is 1. The molecule has 0 bridgehead atoms. The van der Waals surface area contributed by atoms with Gasteiger partial charge in [0.1, 0.15) is 11.9 Å². The second-order valence-corrected chi connectivity index (χ2v) is 4.82. The van der Waals surface area contributed by atoms with Crippen LogP contribution in [-0.2, 0) is 0 Å². The summed E-state index contributed by atoms with van der Waals surface area (Å²) in [6.45, 7) is 0. The third-order valence-electron chi connectivity index (χ3n) is 2.75. The molecular weight excluding hydrogens is 318 g/mol. The fourth-order valence-corrected chi connectivity index (χ4v) is 1.97. The topological polar surface area (TPSA) is 29.5 Å². The summed E-state index contributed by atoms with van der Waals surface area (Å²) in [6, 6.07) is 8.39. The quantitative estimate of drug-likeness (QED) is 0.928. The largest absolute Gasteiger partial charge is 0.494 e. The number of aliphatic hydroxyl groups excluding tert-OH is 1. The zero-order valence-corrected chi connectivity index (χ0v) is 11.6. The number of benzene rings is 2. The van der Waals surface area contributed by atoms with Crippen LogP contribution in [0.15, 0.2) is 40.9 Å². The molecule has 0 fully saturated rings. The van der Waals surface area contributed by atoms with Crippen LogP contribution in [0.4, 0.5) is 8.78 Å². The molecule has 1 N–H and O–H groups in total. The average molecular weight is 329 g/mol. The van der Waals surface area contributed by atoms with E-state index in [1.165, 1.54) is 37.4 Å². The van der Waals surface area contributed by atoms with Gasteiger partial charge in [0, 0.05) is 0 Å². The van der Waals surface area contributed by atoms with Crippen molar-refractivity contribution in [2.24, 2.45) is 0 Å². The summed E-state index contributed by atoms with van der Waals surface area (Å²) >= 11 is 3.03. The van der Waals surface area contributed by atoms with Gasteiger partial charge in [-0.25, -0.2) is 8.78 Å². The molecule has 0 radical (unpaired) electrons. The molecule has 1 atom stereocenters. The number of halogens is 3. The summed E-state index contributed by atoms with van der Waals surface area (Å²) in [6.07, 6.45) is -1.09.